The van der Waals surface area contributed by atoms with Crippen molar-refractivity contribution in [3.63, 3.8) is 0 Å². The second-order valence-electron chi connectivity index (χ2n) is 3.60. The van der Waals surface area contributed by atoms with E-state index in [2.05, 4.69) is 15.9 Å². The van der Waals surface area contributed by atoms with Crippen molar-refractivity contribution in [2.24, 2.45) is 11.5 Å². The van der Waals surface area contributed by atoms with Crippen molar-refractivity contribution in [1.82, 2.24) is 0 Å². The van der Waals surface area contributed by atoms with Crippen LogP contribution in [0.3, 0.4) is 0 Å². The van der Waals surface area contributed by atoms with Crippen LogP contribution in [0.5, 0.6) is 0 Å². The van der Waals surface area contributed by atoms with Gasteiger partial charge in [0.05, 0.1) is 0 Å². The van der Waals surface area contributed by atoms with E-state index in [1.54, 1.807) is 0 Å². The molecule has 0 bridgehead atoms. The Morgan fingerprint density at radius 3 is 2.86 bits per heavy atom. The molecule has 0 saturated carbocycles. The Labute approximate surface area is 90.6 Å². The van der Waals surface area contributed by atoms with E-state index in [9.17, 15) is 4.79 Å². The van der Waals surface area contributed by atoms with Gasteiger partial charge in [0.25, 0.3) is 0 Å². The predicted molar refractivity (Wildman–Crippen MR) is 57.5 cm³/mol. The Kier molecular flexibility index (Phi) is 2.12. The van der Waals surface area contributed by atoms with E-state index in [0.717, 1.165) is 22.0 Å². The molecule has 0 fully saturated rings. The highest BCUT2D eigenvalue weighted by Crippen LogP contribution is 2.38. The maximum absolute atomic E-state index is 11.3. The van der Waals surface area contributed by atoms with Crippen molar-refractivity contribution < 1.29 is 4.79 Å². The van der Waals surface area contributed by atoms with Crippen LogP contribution < -0.4 is 11.5 Å². The van der Waals surface area contributed by atoms with Crippen LogP contribution in [0, 0.1) is 0 Å². The Hall–Kier alpha value is -0.870. The lowest BCUT2D eigenvalue weighted by atomic mass is 9.92. The summed E-state index contributed by atoms with van der Waals surface area (Å²) in [7, 11) is 0. The van der Waals surface area contributed by atoms with Gasteiger partial charge >= 0.3 is 0 Å². The molecule has 0 heterocycles. The molecule has 1 aliphatic carbocycles. The maximum Gasteiger partial charge on any atom is 0.242 e. The van der Waals surface area contributed by atoms with E-state index < -0.39 is 11.4 Å². The fraction of sp³-hybridized carbons (Fsp3) is 0.300. The molecule has 1 atom stereocenters. The number of amides is 1. The Morgan fingerprint density at radius 1 is 1.50 bits per heavy atom. The number of carbonyl (C=O) groups is 1. The van der Waals surface area contributed by atoms with Gasteiger partial charge in [0, 0.05) is 4.47 Å². The number of primary amides is 1. The van der Waals surface area contributed by atoms with Crippen LogP contribution in [-0.4, -0.2) is 5.91 Å². The van der Waals surface area contributed by atoms with Crippen molar-refractivity contribution in [3.8, 4) is 0 Å². The van der Waals surface area contributed by atoms with Gasteiger partial charge in [0.1, 0.15) is 5.54 Å². The lowest BCUT2D eigenvalue weighted by molar-refractivity contribution is -0.123. The Morgan fingerprint density at radius 2 is 2.21 bits per heavy atom. The fourth-order valence-electron chi connectivity index (χ4n) is 1.94. The van der Waals surface area contributed by atoms with Crippen LogP contribution in [0.15, 0.2) is 22.7 Å². The molecule has 3 nitrogen and oxygen atoms in total. The molecule has 0 aromatic heterocycles. The number of hydrogen-bond acceptors (Lipinski definition) is 2. The van der Waals surface area contributed by atoms with Crippen LogP contribution in [-0.2, 0) is 16.8 Å². The molecular weight excluding hydrogens is 244 g/mol. The monoisotopic (exact) mass is 254 g/mol. The molecule has 1 aromatic carbocycles. The van der Waals surface area contributed by atoms with Gasteiger partial charge in [-0.15, -0.1) is 0 Å². The van der Waals surface area contributed by atoms with E-state index in [1.165, 1.54) is 0 Å². The number of carbonyl (C=O) groups excluding carboxylic acids is 1. The third-order valence-electron chi connectivity index (χ3n) is 2.81. The average Bonchev–Trinajstić information content (AvgIpc) is 2.47. The van der Waals surface area contributed by atoms with Gasteiger partial charge in [0.15, 0.2) is 0 Å². The predicted octanol–water partition coefficient (Wildman–Crippen LogP) is 1.03. The molecule has 1 amide bonds. The second kappa shape index (κ2) is 3.07. The average molecular weight is 255 g/mol. The summed E-state index contributed by atoms with van der Waals surface area (Å²) in [4.78, 5) is 11.3. The number of hydrogen-bond donors (Lipinski definition) is 2. The molecule has 4 N–H and O–H groups in total. The molecule has 0 saturated heterocycles. The van der Waals surface area contributed by atoms with Crippen molar-refractivity contribution in [3.05, 3.63) is 33.8 Å². The summed E-state index contributed by atoms with van der Waals surface area (Å²) >= 11 is 3.44. The lowest BCUT2D eigenvalue weighted by Gasteiger charge is -2.20. The van der Waals surface area contributed by atoms with Crippen molar-refractivity contribution in [2.45, 2.75) is 18.4 Å². The molecule has 14 heavy (non-hydrogen) atoms. The zero-order valence-electron chi connectivity index (χ0n) is 7.59. The van der Waals surface area contributed by atoms with E-state index in [0.29, 0.717) is 6.42 Å². The van der Waals surface area contributed by atoms with Crippen molar-refractivity contribution in [1.29, 1.82) is 0 Å². The number of halogens is 1. The minimum Gasteiger partial charge on any atom is -0.368 e. The smallest absolute Gasteiger partial charge is 0.242 e. The molecule has 1 aliphatic rings. The van der Waals surface area contributed by atoms with Crippen LogP contribution in [0.4, 0.5) is 0 Å². The van der Waals surface area contributed by atoms with E-state index in [1.807, 2.05) is 18.2 Å². The Bertz CT molecular complexity index is 405. The first-order valence-electron chi connectivity index (χ1n) is 4.42. The summed E-state index contributed by atoms with van der Waals surface area (Å²) in [6, 6.07) is 5.70. The summed E-state index contributed by atoms with van der Waals surface area (Å²) in [5.74, 6) is -0.450. The largest absolute Gasteiger partial charge is 0.368 e. The maximum atomic E-state index is 11.3. The normalized spacial score (nSPS) is 24.7. The van der Waals surface area contributed by atoms with Crippen LogP contribution in [0.25, 0.3) is 0 Å². The van der Waals surface area contributed by atoms with Crippen molar-refractivity contribution >= 4 is 21.8 Å². The first-order valence-corrected chi connectivity index (χ1v) is 5.21. The van der Waals surface area contributed by atoms with Gasteiger partial charge in [-0.3, -0.25) is 4.79 Å². The highest BCUT2D eigenvalue weighted by atomic mass is 79.9. The summed E-state index contributed by atoms with van der Waals surface area (Å²) in [5.41, 5.74) is 12.3. The number of fused-ring (bicyclic) bond motifs is 1. The number of nitrogens with two attached hydrogens (primary N) is 2. The summed E-state index contributed by atoms with van der Waals surface area (Å²) in [6.45, 7) is 0. The third-order valence-corrected chi connectivity index (χ3v) is 3.55. The first-order chi connectivity index (χ1) is 6.55. The van der Waals surface area contributed by atoms with E-state index in [4.69, 9.17) is 11.5 Å². The van der Waals surface area contributed by atoms with Gasteiger partial charge in [-0.25, -0.2) is 0 Å². The molecule has 1 unspecified atom stereocenters. The highest BCUT2D eigenvalue weighted by Gasteiger charge is 2.40. The van der Waals surface area contributed by atoms with Gasteiger partial charge in [-0.1, -0.05) is 28.1 Å². The number of benzene rings is 1. The van der Waals surface area contributed by atoms with Crippen molar-refractivity contribution in [2.75, 3.05) is 0 Å². The topological polar surface area (TPSA) is 69.1 Å². The van der Waals surface area contributed by atoms with E-state index >= 15 is 0 Å². The zero-order chi connectivity index (χ0) is 10.3. The lowest BCUT2D eigenvalue weighted by Crippen LogP contribution is -2.47. The summed E-state index contributed by atoms with van der Waals surface area (Å²) in [6.07, 6.45) is 1.40. The zero-order valence-corrected chi connectivity index (χ0v) is 9.17. The van der Waals surface area contributed by atoms with Gasteiger partial charge in [0.2, 0.25) is 5.91 Å². The fourth-order valence-corrected chi connectivity index (χ4v) is 2.51. The molecule has 0 aliphatic heterocycles. The number of rotatable bonds is 1. The quantitative estimate of drug-likeness (QED) is 0.787. The summed E-state index contributed by atoms with van der Waals surface area (Å²) < 4.78 is 1.00. The second-order valence-corrected chi connectivity index (χ2v) is 4.46. The molecule has 74 valence electrons. The Balaban J connectivity index is 2.60. The van der Waals surface area contributed by atoms with Crippen LogP contribution in [0.1, 0.15) is 17.5 Å². The van der Waals surface area contributed by atoms with Gasteiger partial charge in [-0.2, -0.15) is 0 Å². The van der Waals surface area contributed by atoms with Gasteiger partial charge < -0.3 is 11.5 Å². The minimum absolute atomic E-state index is 0.450. The molecule has 1 aromatic rings. The molecule has 2 rings (SSSR count). The SMILES string of the molecule is NC(=O)C1(N)CCc2c(Br)cccc21. The minimum atomic E-state index is -0.973. The standard InChI is InChI=1S/C10H11BrN2O/c11-8-3-1-2-7-6(8)4-5-10(7,13)9(12)14/h1-3H,4-5,13H2,(H2,12,14). The van der Waals surface area contributed by atoms with Crippen LogP contribution in [0.2, 0.25) is 0 Å². The molecular formula is C10H11BrN2O. The van der Waals surface area contributed by atoms with Crippen LogP contribution >= 0.6 is 15.9 Å². The van der Waals surface area contributed by atoms with E-state index in [-0.39, 0.29) is 0 Å². The molecule has 0 spiro atoms. The first kappa shape index (κ1) is 9.68. The summed E-state index contributed by atoms with van der Waals surface area (Å²) in [5, 5.41) is 0. The highest BCUT2D eigenvalue weighted by molar-refractivity contribution is 9.10. The molecule has 4 heteroatoms. The third kappa shape index (κ3) is 1.18. The van der Waals surface area contributed by atoms with Gasteiger partial charge in [-0.05, 0) is 30.0 Å². The molecule has 0 radical (unpaired) electrons.